The van der Waals surface area contributed by atoms with Gasteiger partial charge in [-0.2, -0.15) is 0 Å². The van der Waals surface area contributed by atoms with Crippen molar-refractivity contribution in [1.82, 2.24) is 9.55 Å². The van der Waals surface area contributed by atoms with Gasteiger partial charge < -0.3 is 9.67 Å². The van der Waals surface area contributed by atoms with E-state index >= 15 is 0 Å². The number of carboxylic acid groups (broad SMARTS) is 1. The highest BCUT2D eigenvalue weighted by Crippen LogP contribution is 2.22. The molecule has 0 unspecified atom stereocenters. The largest absolute Gasteiger partial charge is 0.478 e. The zero-order chi connectivity index (χ0) is 12.3. The molecular formula is C12H12N2O2S. The maximum absolute atomic E-state index is 10.7. The normalized spacial score (nSPS) is 11.7. The molecule has 4 nitrogen and oxygen atoms in total. The highest BCUT2D eigenvalue weighted by molar-refractivity contribution is 7.13. The van der Waals surface area contributed by atoms with Gasteiger partial charge in [0, 0.05) is 24.5 Å². The first-order valence-corrected chi connectivity index (χ1v) is 6.01. The summed E-state index contributed by atoms with van der Waals surface area (Å²) in [5, 5.41) is 10.8. The zero-order valence-electron chi connectivity index (χ0n) is 9.33. The minimum Gasteiger partial charge on any atom is -0.478 e. The van der Waals surface area contributed by atoms with Gasteiger partial charge in [0.25, 0.3) is 0 Å². The fourth-order valence-corrected chi connectivity index (χ4v) is 2.15. The van der Waals surface area contributed by atoms with E-state index < -0.39 is 5.97 Å². The second-order valence-electron chi connectivity index (χ2n) is 3.57. The molecule has 2 aromatic rings. The molecule has 2 rings (SSSR count). The number of aliphatic carboxylic acids is 1. The van der Waals surface area contributed by atoms with Crippen LogP contribution in [0.5, 0.6) is 0 Å². The van der Waals surface area contributed by atoms with Crippen molar-refractivity contribution in [3.8, 4) is 10.7 Å². The number of thiophene rings is 1. The smallest absolute Gasteiger partial charge is 0.331 e. The fourth-order valence-electron chi connectivity index (χ4n) is 1.41. The molecule has 0 aliphatic heterocycles. The summed E-state index contributed by atoms with van der Waals surface area (Å²) >= 11 is 1.62. The Hall–Kier alpha value is -1.88. The first-order valence-electron chi connectivity index (χ1n) is 5.13. The first-order chi connectivity index (χ1) is 8.18. The van der Waals surface area contributed by atoms with Crippen molar-refractivity contribution in [3.05, 3.63) is 41.6 Å². The van der Waals surface area contributed by atoms with Crippen molar-refractivity contribution < 1.29 is 9.90 Å². The molecule has 88 valence electrons. The summed E-state index contributed by atoms with van der Waals surface area (Å²) < 4.78 is 1.93. The Morgan fingerprint density at radius 3 is 3.12 bits per heavy atom. The van der Waals surface area contributed by atoms with E-state index in [1.165, 1.54) is 0 Å². The summed E-state index contributed by atoms with van der Waals surface area (Å²) in [4.78, 5) is 16.0. The van der Waals surface area contributed by atoms with Crippen molar-refractivity contribution in [1.29, 1.82) is 0 Å². The lowest BCUT2D eigenvalue weighted by Crippen LogP contribution is -2.01. The number of hydrogen-bond donors (Lipinski definition) is 1. The third-order valence-corrected chi connectivity index (χ3v) is 3.25. The number of carboxylic acids is 1. The molecule has 1 N–H and O–H groups in total. The van der Waals surface area contributed by atoms with Crippen LogP contribution in [0.2, 0.25) is 0 Å². The lowest BCUT2D eigenvalue weighted by atomic mass is 10.3. The molecule has 5 heteroatoms. The molecular weight excluding hydrogens is 236 g/mol. The first kappa shape index (κ1) is 11.6. The van der Waals surface area contributed by atoms with Gasteiger partial charge >= 0.3 is 5.97 Å². The second-order valence-corrected chi connectivity index (χ2v) is 4.52. The van der Waals surface area contributed by atoms with Gasteiger partial charge in [0.2, 0.25) is 0 Å². The third-order valence-electron chi connectivity index (χ3n) is 2.39. The Morgan fingerprint density at radius 2 is 2.47 bits per heavy atom. The molecule has 0 radical (unpaired) electrons. The van der Waals surface area contributed by atoms with Crippen LogP contribution in [-0.2, 0) is 11.3 Å². The Bertz CT molecular complexity index is 541. The average Bonchev–Trinajstić information content (AvgIpc) is 2.95. The number of carbonyl (C=O) groups is 1. The van der Waals surface area contributed by atoms with Crippen LogP contribution in [-0.4, -0.2) is 20.6 Å². The minimum absolute atomic E-state index is 0.343. The van der Waals surface area contributed by atoms with Crippen molar-refractivity contribution in [2.75, 3.05) is 0 Å². The summed E-state index contributed by atoms with van der Waals surface area (Å²) in [5.74, 6) is -0.0165. The molecule has 0 aromatic carbocycles. The van der Waals surface area contributed by atoms with Crippen LogP contribution in [0.1, 0.15) is 6.92 Å². The summed E-state index contributed by atoms with van der Waals surface area (Å²) in [6.45, 7) is 2.11. The second kappa shape index (κ2) is 4.97. The van der Waals surface area contributed by atoms with Gasteiger partial charge in [0.05, 0.1) is 4.88 Å². The number of hydrogen-bond acceptors (Lipinski definition) is 3. The number of aromatic nitrogens is 2. The van der Waals surface area contributed by atoms with E-state index in [4.69, 9.17) is 5.11 Å². The van der Waals surface area contributed by atoms with Gasteiger partial charge in [-0.3, -0.25) is 0 Å². The summed E-state index contributed by atoms with van der Waals surface area (Å²) in [5.41, 5.74) is 0.343. The quantitative estimate of drug-likeness (QED) is 0.846. The molecule has 0 bridgehead atoms. The number of nitrogens with zero attached hydrogens (tertiary/aromatic N) is 2. The van der Waals surface area contributed by atoms with Crippen LogP contribution < -0.4 is 0 Å². The Kier molecular flexibility index (Phi) is 3.39. The van der Waals surface area contributed by atoms with Gasteiger partial charge in [0.1, 0.15) is 5.82 Å². The lowest BCUT2D eigenvalue weighted by Gasteiger charge is -2.03. The molecule has 2 aromatic heterocycles. The maximum atomic E-state index is 10.7. The number of allylic oxidation sites excluding steroid dienone is 1. The molecule has 0 aliphatic rings. The van der Waals surface area contributed by atoms with Crippen LogP contribution >= 0.6 is 11.3 Å². The topological polar surface area (TPSA) is 55.1 Å². The van der Waals surface area contributed by atoms with Crippen molar-refractivity contribution >= 4 is 17.3 Å². The Labute approximate surface area is 103 Å². The van der Waals surface area contributed by atoms with E-state index in [2.05, 4.69) is 4.98 Å². The highest BCUT2D eigenvalue weighted by Gasteiger charge is 2.06. The van der Waals surface area contributed by atoms with E-state index in [1.54, 1.807) is 30.5 Å². The molecule has 0 saturated heterocycles. The Morgan fingerprint density at radius 1 is 1.65 bits per heavy atom. The number of imidazole rings is 1. The molecule has 0 spiro atoms. The average molecular weight is 248 g/mol. The van der Waals surface area contributed by atoms with Crippen molar-refractivity contribution in [2.24, 2.45) is 0 Å². The van der Waals surface area contributed by atoms with E-state index in [0.29, 0.717) is 12.1 Å². The molecule has 0 saturated carbocycles. The maximum Gasteiger partial charge on any atom is 0.331 e. The van der Waals surface area contributed by atoms with Gasteiger partial charge in [-0.1, -0.05) is 12.1 Å². The Balaban J connectivity index is 2.21. The third kappa shape index (κ3) is 2.62. The zero-order valence-corrected chi connectivity index (χ0v) is 10.1. The van der Waals surface area contributed by atoms with E-state index in [-0.39, 0.29) is 0 Å². The van der Waals surface area contributed by atoms with Gasteiger partial charge in [-0.15, -0.1) is 11.3 Å². The van der Waals surface area contributed by atoms with E-state index in [1.807, 2.05) is 28.3 Å². The molecule has 0 fully saturated rings. The monoisotopic (exact) mass is 248 g/mol. The highest BCUT2D eigenvalue weighted by atomic mass is 32.1. The lowest BCUT2D eigenvalue weighted by molar-refractivity contribution is -0.132. The van der Waals surface area contributed by atoms with Gasteiger partial charge in [-0.05, 0) is 18.4 Å². The molecule has 0 amide bonds. The van der Waals surface area contributed by atoms with Crippen molar-refractivity contribution in [2.45, 2.75) is 13.5 Å². The van der Waals surface area contributed by atoms with Gasteiger partial charge in [0.15, 0.2) is 0 Å². The summed E-state index contributed by atoms with van der Waals surface area (Å²) in [6.07, 6.45) is 5.25. The van der Waals surface area contributed by atoms with E-state index in [9.17, 15) is 4.79 Å². The van der Waals surface area contributed by atoms with Crippen LogP contribution in [0.3, 0.4) is 0 Å². The van der Waals surface area contributed by atoms with Crippen LogP contribution in [0, 0.1) is 0 Å². The predicted octanol–water partition coefficient (Wildman–Crippen LogP) is 2.64. The molecule has 2 heterocycles. The summed E-state index contributed by atoms with van der Waals surface area (Å²) in [7, 11) is 0. The molecule has 0 aliphatic carbocycles. The molecule has 17 heavy (non-hydrogen) atoms. The fraction of sp³-hybridized carbons (Fsp3) is 0.167. The van der Waals surface area contributed by atoms with Crippen LogP contribution in [0.4, 0.5) is 0 Å². The minimum atomic E-state index is -0.886. The SMILES string of the molecule is CC(=CCn1ccnc1-c1cccs1)C(=O)O. The molecule has 0 atom stereocenters. The van der Waals surface area contributed by atoms with Crippen LogP contribution in [0.15, 0.2) is 41.6 Å². The van der Waals surface area contributed by atoms with Crippen LogP contribution in [0.25, 0.3) is 10.7 Å². The number of rotatable bonds is 4. The predicted molar refractivity (Wildman–Crippen MR) is 66.9 cm³/mol. The van der Waals surface area contributed by atoms with Gasteiger partial charge in [-0.25, -0.2) is 9.78 Å². The summed E-state index contributed by atoms with van der Waals surface area (Å²) in [6, 6.07) is 3.97. The van der Waals surface area contributed by atoms with Crippen molar-refractivity contribution in [3.63, 3.8) is 0 Å². The van der Waals surface area contributed by atoms with E-state index in [0.717, 1.165) is 10.7 Å². The standard InChI is InChI=1S/C12H12N2O2S/c1-9(12(15)16)4-6-14-7-5-13-11(14)10-3-2-8-17-10/h2-5,7-8H,6H2,1H3,(H,15,16).